The van der Waals surface area contributed by atoms with Gasteiger partial charge in [-0.1, -0.05) is 66.0 Å². The molecule has 0 N–H and O–H groups in total. The molecule has 0 spiro atoms. The first-order valence-electron chi connectivity index (χ1n) is 7.02. The summed E-state index contributed by atoms with van der Waals surface area (Å²) < 4.78 is 0. The molecule has 16 heavy (non-hydrogen) atoms. The second kappa shape index (κ2) is 4.94. The van der Waals surface area contributed by atoms with Crippen LogP contribution in [-0.4, -0.2) is 0 Å². The number of allylic oxidation sites excluding steroid dienone is 2. The van der Waals surface area contributed by atoms with Gasteiger partial charge < -0.3 is 0 Å². The zero-order chi connectivity index (χ0) is 12.4. The van der Waals surface area contributed by atoms with Crippen LogP contribution in [-0.2, 0) is 0 Å². The summed E-state index contributed by atoms with van der Waals surface area (Å²) in [7, 11) is 0. The zero-order valence-electron chi connectivity index (χ0n) is 12.2. The number of hydrogen-bond donors (Lipinski definition) is 0. The van der Waals surface area contributed by atoms with Crippen molar-refractivity contribution in [2.75, 3.05) is 0 Å². The van der Waals surface area contributed by atoms with E-state index in [1.54, 1.807) is 5.57 Å². The van der Waals surface area contributed by atoms with Gasteiger partial charge in [-0.05, 0) is 36.0 Å². The first-order chi connectivity index (χ1) is 7.32. The Morgan fingerprint density at radius 3 is 2.12 bits per heavy atom. The van der Waals surface area contributed by atoms with Gasteiger partial charge in [-0.25, -0.2) is 0 Å². The molecule has 0 radical (unpaired) electrons. The summed E-state index contributed by atoms with van der Waals surface area (Å²) in [5.41, 5.74) is 2.81. The smallest absolute Gasteiger partial charge is 0.0260 e. The second-order valence-electron chi connectivity index (χ2n) is 6.97. The molecule has 1 rings (SSSR count). The molecule has 0 aromatic heterocycles. The maximum atomic E-state index is 2.51. The monoisotopic (exact) mass is 222 g/mol. The summed E-state index contributed by atoms with van der Waals surface area (Å²) in [6.45, 7) is 14.2. The summed E-state index contributed by atoms with van der Waals surface area (Å²) in [6, 6.07) is 0. The van der Waals surface area contributed by atoms with E-state index in [0.717, 1.165) is 0 Å². The minimum Gasteiger partial charge on any atom is -0.0827 e. The summed E-state index contributed by atoms with van der Waals surface area (Å²) in [6.07, 6.45) is 9.25. The molecule has 1 aliphatic carbocycles. The van der Waals surface area contributed by atoms with Gasteiger partial charge in [-0.15, -0.1) is 0 Å². The molecule has 0 unspecified atom stereocenters. The highest BCUT2D eigenvalue weighted by Crippen LogP contribution is 2.52. The standard InChI is InChI=1S/C16H30/c1-7-16(8-2)11-14(9-13(3)4)10-15(5,6)12-16/h9,13H,7-8,10-12H2,1-6H3/b14-9+. The van der Waals surface area contributed by atoms with Gasteiger partial charge in [0.05, 0.1) is 0 Å². The van der Waals surface area contributed by atoms with E-state index in [9.17, 15) is 0 Å². The van der Waals surface area contributed by atoms with Crippen molar-refractivity contribution in [2.45, 2.75) is 73.6 Å². The lowest BCUT2D eigenvalue weighted by molar-refractivity contribution is 0.108. The maximum absolute atomic E-state index is 2.51. The highest BCUT2D eigenvalue weighted by molar-refractivity contribution is 5.14. The van der Waals surface area contributed by atoms with Gasteiger partial charge in [0.15, 0.2) is 0 Å². The van der Waals surface area contributed by atoms with Crippen molar-refractivity contribution in [3.8, 4) is 0 Å². The normalized spacial score (nSPS) is 26.3. The van der Waals surface area contributed by atoms with Crippen LogP contribution in [0.5, 0.6) is 0 Å². The molecule has 0 aromatic carbocycles. The molecule has 1 fully saturated rings. The first-order valence-corrected chi connectivity index (χ1v) is 7.02. The first kappa shape index (κ1) is 13.8. The van der Waals surface area contributed by atoms with Crippen LogP contribution in [0.3, 0.4) is 0 Å². The van der Waals surface area contributed by atoms with Crippen LogP contribution < -0.4 is 0 Å². The lowest BCUT2D eigenvalue weighted by Crippen LogP contribution is -2.33. The zero-order valence-corrected chi connectivity index (χ0v) is 12.2. The summed E-state index contributed by atoms with van der Waals surface area (Å²) in [4.78, 5) is 0. The lowest BCUT2D eigenvalue weighted by Gasteiger charge is -2.46. The Morgan fingerprint density at radius 1 is 1.12 bits per heavy atom. The van der Waals surface area contributed by atoms with Crippen LogP contribution in [0, 0.1) is 16.7 Å². The summed E-state index contributed by atoms with van der Waals surface area (Å²) in [5.74, 6) is 0.704. The largest absolute Gasteiger partial charge is 0.0827 e. The third kappa shape index (κ3) is 3.37. The van der Waals surface area contributed by atoms with Crippen molar-refractivity contribution in [3.63, 3.8) is 0 Å². The molecule has 0 nitrogen and oxygen atoms in total. The molecule has 0 aliphatic heterocycles. The van der Waals surface area contributed by atoms with Crippen molar-refractivity contribution in [1.29, 1.82) is 0 Å². The fourth-order valence-electron chi connectivity index (χ4n) is 3.64. The van der Waals surface area contributed by atoms with Crippen LogP contribution in [0.1, 0.15) is 73.6 Å². The fourth-order valence-corrected chi connectivity index (χ4v) is 3.64. The Hall–Kier alpha value is -0.260. The third-order valence-corrected chi connectivity index (χ3v) is 4.23. The topological polar surface area (TPSA) is 0 Å². The predicted octanol–water partition coefficient (Wildman–Crippen LogP) is 5.59. The van der Waals surface area contributed by atoms with E-state index in [2.05, 4.69) is 47.6 Å². The van der Waals surface area contributed by atoms with E-state index in [4.69, 9.17) is 0 Å². The van der Waals surface area contributed by atoms with Crippen LogP contribution in [0.25, 0.3) is 0 Å². The Morgan fingerprint density at radius 2 is 1.69 bits per heavy atom. The molecule has 1 saturated carbocycles. The van der Waals surface area contributed by atoms with Crippen LogP contribution >= 0.6 is 0 Å². The van der Waals surface area contributed by atoms with Crippen molar-refractivity contribution < 1.29 is 0 Å². The van der Waals surface area contributed by atoms with Gasteiger partial charge in [-0.2, -0.15) is 0 Å². The molecule has 0 aromatic rings. The van der Waals surface area contributed by atoms with E-state index in [1.807, 2.05) is 0 Å². The van der Waals surface area contributed by atoms with E-state index in [0.29, 0.717) is 16.7 Å². The van der Waals surface area contributed by atoms with Crippen molar-refractivity contribution >= 4 is 0 Å². The van der Waals surface area contributed by atoms with E-state index in [-0.39, 0.29) is 0 Å². The van der Waals surface area contributed by atoms with Crippen molar-refractivity contribution in [1.82, 2.24) is 0 Å². The molecule has 0 saturated heterocycles. The Bertz CT molecular complexity index is 251. The molecule has 0 amide bonds. The van der Waals surface area contributed by atoms with E-state index >= 15 is 0 Å². The predicted molar refractivity (Wildman–Crippen MR) is 73.6 cm³/mol. The quantitative estimate of drug-likeness (QED) is 0.546. The Labute approximate surface area is 103 Å². The Kier molecular flexibility index (Phi) is 4.26. The molecule has 0 heteroatoms. The van der Waals surface area contributed by atoms with Crippen LogP contribution in [0.15, 0.2) is 11.6 Å². The van der Waals surface area contributed by atoms with Crippen molar-refractivity contribution in [3.05, 3.63) is 11.6 Å². The highest BCUT2D eigenvalue weighted by Gasteiger charge is 2.39. The van der Waals surface area contributed by atoms with Crippen LogP contribution in [0.2, 0.25) is 0 Å². The van der Waals surface area contributed by atoms with Gasteiger partial charge in [0, 0.05) is 0 Å². The SMILES string of the molecule is CCC1(CC)C/C(=C/C(C)C)CC(C)(C)C1. The molecule has 0 heterocycles. The van der Waals surface area contributed by atoms with E-state index < -0.39 is 0 Å². The number of rotatable bonds is 3. The van der Waals surface area contributed by atoms with Gasteiger partial charge in [-0.3, -0.25) is 0 Å². The molecule has 0 bridgehead atoms. The average molecular weight is 222 g/mol. The maximum Gasteiger partial charge on any atom is -0.0260 e. The van der Waals surface area contributed by atoms with Crippen LogP contribution in [0.4, 0.5) is 0 Å². The van der Waals surface area contributed by atoms with Gasteiger partial charge >= 0.3 is 0 Å². The molecular formula is C16H30. The molecule has 94 valence electrons. The third-order valence-electron chi connectivity index (χ3n) is 4.23. The minimum absolute atomic E-state index is 0.505. The van der Waals surface area contributed by atoms with E-state index in [1.165, 1.54) is 32.1 Å². The summed E-state index contributed by atoms with van der Waals surface area (Å²) >= 11 is 0. The van der Waals surface area contributed by atoms with Crippen molar-refractivity contribution in [2.24, 2.45) is 16.7 Å². The highest BCUT2D eigenvalue weighted by atomic mass is 14.4. The molecular weight excluding hydrogens is 192 g/mol. The fraction of sp³-hybridized carbons (Fsp3) is 0.875. The average Bonchev–Trinajstić information content (AvgIpc) is 2.14. The minimum atomic E-state index is 0.505. The van der Waals surface area contributed by atoms with Gasteiger partial charge in [0.2, 0.25) is 0 Å². The van der Waals surface area contributed by atoms with Gasteiger partial charge in [0.25, 0.3) is 0 Å². The molecule has 0 atom stereocenters. The second-order valence-corrected chi connectivity index (χ2v) is 6.97. The summed E-state index contributed by atoms with van der Waals surface area (Å²) in [5, 5.41) is 0. The molecule has 1 aliphatic rings. The lowest BCUT2D eigenvalue weighted by atomic mass is 9.59. The Balaban J connectivity index is 2.93. The number of hydrogen-bond acceptors (Lipinski definition) is 0. The van der Waals surface area contributed by atoms with Gasteiger partial charge in [0.1, 0.15) is 0 Å².